The Balaban J connectivity index is 2.12. The van der Waals surface area contributed by atoms with Crippen molar-refractivity contribution in [3.8, 4) is 5.75 Å². The summed E-state index contributed by atoms with van der Waals surface area (Å²) >= 11 is 1.31. The molecule has 0 spiro atoms. The van der Waals surface area contributed by atoms with Gasteiger partial charge >= 0.3 is 5.82 Å². The summed E-state index contributed by atoms with van der Waals surface area (Å²) in [6.45, 7) is 1.85. The number of nitro groups is 1. The van der Waals surface area contributed by atoms with E-state index in [1.54, 1.807) is 19.2 Å². The van der Waals surface area contributed by atoms with E-state index in [2.05, 4.69) is 15.4 Å². The molecule has 3 N–H and O–H groups in total. The van der Waals surface area contributed by atoms with E-state index < -0.39 is 4.92 Å². The zero-order chi connectivity index (χ0) is 13.8. The zero-order valence-electron chi connectivity index (χ0n) is 9.99. The Labute approximate surface area is 112 Å². The molecule has 0 amide bonds. The minimum atomic E-state index is -0.568. The number of nitrogen functional groups attached to an aromatic ring is 1. The van der Waals surface area contributed by atoms with Gasteiger partial charge in [0.15, 0.2) is 5.13 Å². The highest BCUT2D eigenvalue weighted by molar-refractivity contribution is 7.15. The topological polar surface area (TPSA) is 116 Å². The van der Waals surface area contributed by atoms with Gasteiger partial charge in [0.2, 0.25) is 5.75 Å². The van der Waals surface area contributed by atoms with Crippen LogP contribution >= 0.6 is 11.3 Å². The first kappa shape index (κ1) is 13.2. The molecule has 2 aromatic heterocycles. The smallest absolute Gasteiger partial charge is 0.406 e. The molecule has 2 aromatic rings. The van der Waals surface area contributed by atoms with Crippen molar-refractivity contribution in [1.82, 2.24) is 9.97 Å². The van der Waals surface area contributed by atoms with Gasteiger partial charge in [-0.05, 0) is 22.0 Å². The predicted molar refractivity (Wildman–Crippen MR) is 69.9 cm³/mol. The lowest BCUT2D eigenvalue weighted by Gasteiger charge is -2.04. The Morgan fingerprint density at radius 3 is 3.00 bits per heavy atom. The van der Waals surface area contributed by atoms with Crippen molar-refractivity contribution in [2.75, 3.05) is 5.43 Å². The molecular weight excluding hydrogens is 270 g/mol. The molecule has 0 radical (unpaired) electrons. The van der Waals surface area contributed by atoms with Crippen LogP contribution in [-0.2, 0) is 6.61 Å². The fourth-order valence-corrected chi connectivity index (χ4v) is 2.00. The zero-order valence-corrected chi connectivity index (χ0v) is 10.8. The third-order valence-electron chi connectivity index (χ3n) is 2.20. The first-order valence-electron chi connectivity index (χ1n) is 5.26. The number of nitrogens with zero attached hydrogens (tertiary/aromatic N) is 3. The second kappa shape index (κ2) is 5.59. The van der Waals surface area contributed by atoms with Gasteiger partial charge in [-0.25, -0.2) is 10.8 Å². The lowest BCUT2D eigenvalue weighted by molar-refractivity contribution is -0.390. The van der Waals surface area contributed by atoms with E-state index in [-0.39, 0.29) is 18.2 Å². The Bertz CT molecular complexity index is 601. The van der Waals surface area contributed by atoms with Crippen LogP contribution in [0.3, 0.4) is 0 Å². The summed E-state index contributed by atoms with van der Waals surface area (Å²) in [5.41, 5.74) is 2.98. The van der Waals surface area contributed by atoms with Crippen molar-refractivity contribution in [3.05, 3.63) is 39.0 Å². The standard InChI is InChI=1S/C10H11N5O3S/c1-6-2-3-8(9(13-6)15(16)17)18-5-7-4-12-10(14-11)19-7/h2-4H,5,11H2,1H3,(H,12,14). The third-order valence-corrected chi connectivity index (χ3v) is 3.10. The van der Waals surface area contributed by atoms with Crippen LogP contribution in [0.5, 0.6) is 5.75 Å². The molecule has 0 atom stereocenters. The number of nitrogens with one attached hydrogen (secondary N) is 1. The summed E-state index contributed by atoms with van der Waals surface area (Å²) in [5.74, 6) is 5.05. The van der Waals surface area contributed by atoms with Gasteiger partial charge in [0.05, 0.1) is 4.88 Å². The molecule has 8 nitrogen and oxygen atoms in total. The maximum atomic E-state index is 10.9. The number of hydrazine groups is 1. The molecule has 0 unspecified atom stereocenters. The lowest BCUT2D eigenvalue weighted by atomic mass is 10.3. The SMILES string of the molecule is Cc1ccc(OCc2cnc(NN)s2)c([N+](=O)[O-])n1. The molecule has 100 valence electrons. The molecule has 0 saturated carbocycles. The molecule has 0 aliphatic carbocycles. The van der Waals surface area contributed by atoms with E-state index in [9.17, 15) is 10.1 Å². The maximum Gasteiger partial charge on any atom is 0.406 e. The average molecular weight is 281 g/mol. The van der Waals surface area contributed by atoms with Crippen LogP contribution in [0, 0.1) is 17.0 Å². The largest absolute Gasteiger partial charge is 0.480 e. The Kier molecular flexibility index (Phi) is 3.88. The first-order valence-corrected chi connectivity index (χ1v) is 6.08. The fourth-order valence-electron chi connectivity index (χ4n) is 1.36. The van der Waals surface area contributed by atoms with Gasteiger partial charge in [-0.2, -0.15) is 0 Å². The van der Waals surface area contributed by atoms with Crippen LogP contribution in [0.2, 0.25) is 0 Å². The summed E-state index contributed by atoms with van der Waals surface area (Å²) in [6.07, 6.45) is 1.59. The van der Waals surface area contributed by atoms with E-state index in [4.69, 9.17) is 10.6 Å². The average Bonchev–Trinajstić information content (AvgIpc) is 2.85. The van der Waals surface area contributed by atoms with Crippen LogP contribution in [0.4, 0.5) is 10.9 Å². The number of hydrogen-bond donors (Lipinski definition) is 2. The molecule has 0 aliphatic heterocycles. The van der Waals surface area contributed by atoms with Crippen LogP contribution in [-0.4, -0.2) is 14.9 Å². The Hall–Kier alpha value is -2.26. The molecular formula is C10H11N5O3S. The number of anilines is 1. The minimum absolute atomic E-state index is 0.131. The van der Waals surface area contributed by atoms with Crippen molar-refractivity contribution >= 4 is 22.3 Å². The number of thiazole rings is 1. The second-order valence-corrected chi connectivity index (χ2v) is 4.71. The van der Waals surface area contributed by atoms with Crippen molar-refractivity contribution in [3.63, 3.8) is 0 Å². The molecule has 9 heteroatoms. The van der Waals surface area contributed by atoms with Gasteiger partial charge in [-0.15, -0.1) is 0 Å². The second-order valence-electron chi connectivity index (χ2n) is 3.60. The number of hydrogen-bond acceptors (Lipinski definition) is 8. The molecule has 0 saturated heterocycles. The monoisotopic (exact) mass is 281 g/mol. The highest BCUT2D eigenvalue weighted by Crippen LogP contribution is 2.26. The lowest BCUT2D eigenvalue weighted by Crippen LogP contribution is -2.05. The van der Waals surface area contributed by atoms with Crippen molar-refractivity contribution in [1.29, 1.82) is 0 Å². The van der Waals surface area contributed by atoms with Gasteiger partial charge in [-0.1, -0.05) is 11.3 Å². The van der Waals surface area contributed by atoms with Gasteiger partial charge < -0.3 is 14.9 Å². The van der Waals surface area contributed by atoms with Crippen LogP contribution < -0.4 is 16.0 Å². The van der Waals surface area contributed by atoms with Crippen LogP contribution in [0.15, 0.2) is 18.3 Å². The van der Waals surface area contributed by atoms with Crippen molar-refractivity contribution < 1.29 is 9.66 Å². The van der Waals surface area contributed by atoms with E-state index >= 15 is 0 Å². The number of ether oxygens (including phenoxy) is 1. The summed E-state index contributed by atoms with van der Waals surface area (Å²) in [6, 6.07) is 3.19. The van der Waals surface area contributed by atoms with Crippen molar-refractivity contribution in [2.24, 2.45) is 5.84 Å². The normalized spacial score (nSPS) is 10.2. The highest BCUT2D eigenvalue weighted by atomic mass is 32.1. The van der Waals surface area contributed by atoms with Gasteiger partial charge in [-0.3, -0.25) is 5.43 Å². The number of aromatic nitrogens is 2. The quantitative estimate of drug-likeness (QED) is 0.486. The van der Waals surface area contributed by atoms with E-state index in [0.717, 1.165) is 4.88 Å². The molecule has 19 heavy (non-hydrogen) atoms. The van der Waals surface area contributed by atoms with E-state index in [0.29, 0.717) is 10.8 Å². The summed E-state index contributed by atoms with van der Waals surface area (Å²) in [7, 11) is 0. The molecule has 2 rings (SSSR count). The maximum absolute atomic E-state index is 10.9. The number of rotatable bonds is 5. The molecule has 2 heterocycles. The van der Waals surface area contributed by atoms with E-state index in [1.807, 2.05) is 0 Å². The molecule has 0 fully saturated rings. The van der Waals surface area contributed by atoms with Crippen LogP contribution in [0.25, 0.3) is 0 Å². The fraction of sp³-hybridized carbons (Fsp3) is 0.200. The Morgan fingerprint density at radius 1 is 1.58 bits per heavy atom. The molecule has 0 aliphatic rings. The third kappa shape index (κ3) is 3.14. The van der Waals surface area contributed by atoms with Crippen LogP contribution in [0.1, 0.15) is 10.6 Å². The summed E-state index contributed by atoms with van der Waals surface area (Å²) in [5, 5.41) is 11.4. The molecule has 0 aromatic carbocycles. The number of nitrogens with two attached hydrogens (primary N) is 1. The Morgan fingerprint density at radius 2 is 2.37 bits per heavy atom. The predicted octanol–water partition coefficient (Wildman–Crippen LogP) is 1.62. The number of aryl methyl sites for hydroxylation is 1. The molecule has 0 bridgehead atoms. The number of pyridine rings is 1. The first-order chi connectivity index (χ1) is 9.10. The van der Waals surface area contributed by atoms with Gasteiger partial charge in [0, 0.05) is 13.1 Å². The summed E-state index contributed by atoms with van der Waals surface area (Å²) in [4.78, 5) is 18.9. The minimum Gasteiger partial charge on any atom is -0.480 e. The summed E-state index contributed by atoms with van der Waals surface area (Å²) < 4.78 is 5.39. The van der Waals surface area contributed by atoms with Gasteiger partial charge in [0.1, 0.15) is 12.3 Å². The highest BCUT2D eigenvalue weighted by Gasteiger charge is 2.17. The van der Waals surface area contributed by atoms with Gasteiger partial charge in [0.25, 0.3) is 0 Å². The van der Waals surface area contributed by atoms with Crippen molar-refractivity contribution in [2.45, 2.75) is 13.5 Å². The van der Waals surface area contributed by atoms with E-state index in [1.165, 1.54) is 17.4 Å².